The first-order chi connectivity index (χ1) is 16.4. The van der Waals surface area contributed by atoms with Gasteiger partial charge < -0.3 is 5.32 Å². The first-order valence-corrected chi connectivity index (χ1v) is 11.7. The third kappa shape index (κ3) is 5.33. The van der Waals surface area contributed by atoms with E-state index in [9.17, 15) is 13.6 Å². The zero-order valence-electron chi connectivity index (χ0n) is 19.4. The summed E-state index contributed by atoms with van der Waals surface area (Å²) in [6.45, 7) is 4.84. The quantitative estimate of drug-likeness (QED) is 0.412. The molecule has 3 aromatic rings. The van der Waals surface area contributed by atoms with Gasteiger partial charge in [-0.05, 0) is 66.3 Å². The van der Waals surface area contributed by atoms with Crippen molar-refractivity contribution in [2.45, 2.75) is 32.7 Å². The molecule has 6 heteroatoms. The normalized spacial score (nSPS) is 17.7. The molecule has 1 amide bonds. The molecule has 0 spiro atoms. The lowest BCUT2D eigenvalue weighted by molar-refractivity contribution is -0.123. The van der Waals surface area contributed by atoms with Gasteiger partial charge in [0, 0.05) is 6.54 Å². The van der Waals surface area contributed by atoms with Crippen molar-refractivity contribution in [2.24, 2.45) is 16.9 Å². The summed E-state index contributed by atoms with van der Waals surface area (Å²) in [5.74, 6) is -1.07. The van der Waals surface area contributed by atoms with E-state index in [2.05, 4.69) is 19.2 Å². The number of nitrogens with zero attached hydrogens (tertiary/aromatic N) is 2. The molecule has 0 fully saturated rings. The summed E-state index contributed by atoms with van der Waals surface area (Å²) in [5.41, 5.74) is 2.61. The molecule has 0 saturated carbocycles. The van der Waals surface area contributed by atoms with Crippen molar-refractivity contribution in [3.05, 3.63) is 102 Å². The number of carbonyl (C=O) groups is 1. The molecule has 0 radical (unpaired) electrons. The summed E-state index contributed by atoms with van der Waals surface area (Å²) in [5, 5.41) is 9.68. The number of anilines is 1. The molecular formula is C28H29F2N3O. The summed E-state index contributed by atoms with van der Waals surface area (Å²) in [6.07, 6.45) is 1.87. The molecule has 4 nitrogen and oxygen atoms in total. The van der Waals surface area contributed by atoms with Crippen LogP contribution in [0.15, 0.2) is 84.0 Å². The molecule has 1 aliphatic rings. The van der Waals surface area contributed by atoms with Crippen LogP contribution in [0.3, 0.4) is 0 Å². The number of benzene rings is 3. The third-order valence-corrected chi connectivity index (χ3v) is 5.98. The van der Waals surface area contributed by atoms with Crippen LogP contribution >= 0.6 is 0 Å². The number of halogens is 2. The highest BCUT2D eigenvalue weighted by molar-refractivity contribution is 6.15. The van der Waals surface area contributed by atoms with Crippen LogP contribution < -0.4 is 10.3 Å². The lowest BCUT2D eigenvalue weighted by atomic mass is 9.86. The average molecular weight is 462 g/mol. The van der Waals surface area contributed by atoms with Crippen molar-refractivity contribution < 1.29 is 13.6 Å². The van der Waals surface area contributed by atoms with Gasteiger partial charge in [-0.2, -0.15) is 5.10 Å². The van der Waals surface area contributed by atoms with Crippen molar-refractivity contribution in [1.29, 1.82) is 0 Å². The summed E-state index contributed by atoms with van der Waals surface area (Å²) in [7, 11) is 0. The Kier molecular flexibility index (Phi) is 7.36. The van der Waals surface area contributed by atoms with E-state index in [1.165, 1.54) is 24.3 Å². The van der Waals surface area contributed by atoms with Gasteiger partial charge in [0.05, 0.1) is 17.4 Å². The molecule has 3 aromatic carbocycles. The van der Waals surface area contributed by atoms with E-state index in [0.29, 0.717) is 29.3 Å². The number of nitrogens with one attached hydrogen (secondary N) is 1. The monoisotopic (exact) mass is 461 g/mol. The summed E-state index contributed by atoms with van der Waals surface area (Å²) in [4.78, 5) is 13.6. The lowest BCUT2D eigenvalue weighted by Gasteiger charge is -2.28. The van der Waals surface area contributed by atoms with E-state index in [0.717, 1.165) is 18.5 Å². The fraction of sp³-hybridized carbons (Fsp3) is 0.286. The number of hydrogen-bond donors (Lipinski definition) is 1. The van der Waals surface area contributed by atoms with E-state index in [1.54, 1.807) is 23.2 Å². The van der Waals surface area contributed by atoms with E-state index in [4.69, 9.17) is 5.10 Å². The maximum absolute atomic E-state index is 14.3. The molecular weight excluding hydrogens is 432 g/mol. The molecule has 1 heterocycles. The van der Waals surface area contributed by atoms with Crippen LogP contribution in [0.5, 0.6) is 0 Å². The number of carbonyl (C=O) groups excluding carboxylic acids is 1. The van der Waals surface area contributed by atoms with Crippen LogP contribution in [0.25, 0.3) is 0 Å². The standard InChI is InChI=1S/C28H29F2N3O/c1-19(2)8-7-17-31-28(34)25-26(20-13-15-22(29)16-14-20)32-33(24-11-4-3-5-12-24)27(25)21-9-6-10-23(30)18-21/h3-6,9-16,18-19,25,27H,7-8,17H2,1-2H3,(H,31,34). The number of hydrogen-bond acceptors (Lipinski definition) is 3. The molecule has 2 unspecified atom stereocenters. The van der Waals surface area contributed by atoms with E-state index in [-0.39, 0.29) is 17.5 Å². The number of amides is 1. The number of hydrazone groups is 1. The van der Waals surface area contributed by atoms with Gasteiger partial charge in [-0.1, -0.05) is 56.3 Å². The third-order valence-electron chi connectivity index (χ3n) is 5.98. The Bertz CT molecular complexity index is 1150. The predicted molar refractivity (Wildman–Crippen MR) is 132 cm³/mol. The van der Waals surface area contributed by atoms with Gasteiger partial charge in [0.1, 0.15) is 17.6 Å². The van der Waals surface area contributed by atoms with E-state index < -0.39 is 12.0 Å². The summed E-state index contributed by atoms with van der Waals surface area (Å²) < 4.78 is 27.9. The van der Waals surface area contributed by atoms with Crippen molar-refractivity contribution in [3.63, 3.8) is 0 Å². The van der Waals surface area contributed by atoms with Crippen LogP contribution in [0.4, 0.5) is 14.5 Å². The lowest BCUT2D eigenvalue weighted by Crippen LogP contribution is -2.39. The Morgan fingerprint density at radius 2 is 1.71 bits per heavy atom. The van der Waals surface area contributed by atoms with Crippen LogP contribution in [-0.4, -0.2) is 18.2 Å². The van der Waals surface area contributed by atoms with E-state index >= 15 is 0 Å². The van der Waals surface area contributed by atoms with Crippen LogP contribution in [0.2, 0.25) is 0 Å². The fourth-order valence-corrected chi connectivity index (χ4v) is 4.31. The second-order valence-electron chi connectivity index (χ2n) is 8.98. The highest BCUT2D eigenvalue weighted by Gasteiger charge is 2.44. The fourth-order valence-electron chi connectivity index (χ4n) is 4.31. The van der Waals surface area contributed by atoms with Crippen molar-refractivity contribution in [2.75, 3.05) is 11.6 Å². The molecule has 0 aromatic heterocycles. The molecule has 2 atom stereocenters. The Balaban J connectivity index is 1.76. The van der Waals surface area contributed by atoms with Gasteiger partial charge in [0.15, 0.2) is 0 Å². The Hall–Kier alpha value is -3.54. The summed E-state index contributed by atoms with van der Waals surface area (Å²) >= 11 is 0. The first kappa shape index (κ1) is 23.6. The molecule has 4 rings (SSSR count). The minimum Gasteiger partial charge on any atom is -0.355 e. The van der Waals surface area contributed by atoms with Gasteiger partial charge in [0.2, 0.25) is 5.91 Å². The van der Waals surface area contributed by atoms with Gasteiger partial charge in [-0.3, -0.25) is 9.80 Å². The highest BCUT2D eigenvalue weighted by Crippen LogP contribution is 2.41. The maximum Gasteiger partial charge on any atom is 0.231 e. The summed E-state index contributed by atoms with van der Waals surface area (Å²) in [6, 6.07) is 21.2. The molecule has 34 heavy (non-hydrogen) atoms. The zero-order chi connectivity index (χ0) is 24.1. The van der Waals surface area contributed by atoms with Gasteiger partial charge in [0.25, 0.3) is 0 Å². The molecule has 0 bridgehead atoms. The van der Waals surface area contributed by atoms with Crippen molar-refractivity contribution in [1.82, 2.24) is 5.32 Å². The topological polar surface area (TPSA) is 44.7 Å². The Morgan fingerprint density at radius 3 is 2.38 bits per heavy atom. The molecule has 176 valence electrons. The molecule has 0 saturated heterocycles. The second kappa shape index (κ2) is 10.6. The Morgan fingerprint density at radius 1 is 0.971 bits per heavy atom. The largest absolute Gasteiger partial charge is 0.355 e. The molecule has 1 N–H and O–H groups in total. The minimum atomic E-state index is -0.702. The molecule has 0 aliphatic carbocycles. The second-order valence-corrected chi connectivity index (χ2v) is 8.98. The first-order valence-electron chi connectivity index (χ1n) is 11.7. The van der Waals surface area contributed by atoms with Crippen LogP contribution in [0, 0.1) is 23.5 Å². The molecule has 1 aliphatic heterocycles. The zero-order valence-corrected chi connectivity index (χ0v) is 19.4. The van der Waals surface area contributed by atoms with Crippen LogP contribution in [-0.2, 0) is 4.79 Å². The number of rotatable bonds is 8. The SMILES string of the molecule is CC(C)CCCNC(=O)C1C(c2ccc(F)cc2)=NN(c2ccccc2)C1c1cccc(F)c1. The van der Waals surface area contributed by atoms with Gasteiger partial charge >= 0.3 is 0 Å². The number of para-hydroxylation sites is 1. The minimum absolute atomic E-state index is 0.181. The highest BCUT2D eigenvalue weighted by atomic mass is 19.1. The average Bonchev–Trinajstić information content (AvgIpc) is 3.23. The smallest absolute Gasteiger partial charge is 0.231 e. The van der Waals surface area contributed by atoms with E-state index in [1.807, 2.05) is 36.4 Å². The Labute approximate surface area is 199 Å². The predicted octanol–water partition coefficient (Wildman–Crippen LogP) is 6.10. The van der Waals surface area contributed by atoms with Crippen LogP contribution in [0.1, 0.15) is 43.9 Å². The van der Waals surface area contributed by atoms with Gasteiger partial charge in [-0.25, -0.2) is 8.78 Å². The van der Waals surface area contributed by atoms with Crippen molar-refractivity contribution in [3.8, 4) is 0 Å². The van der Waals surface area contributed by atoms with Crippen molar-refractivity contribution >= 4 is 17.3 Å². The maximum atomic E-state index is 14.3. The van der Waals surface area contributed by atoms with Gasteiger partial charge in [-0.15, -0.1) is 0 Å².